The van der Waals surface area contributed by atoms with Crippen LogP contribution >= 0.6 is 0 Å². The number of nitrogens with two attached hydrogens (primary N) is 1. The summed E-state index contributed by atoms with van der Waals surface area (Å²) in [4.78, 5) is 20.5. The largest absolute Gasteiger partial charge is 0.708 e. The molecule has 0 unspecified atom stereocenters. The van der Waals surface area contributed by atoms with Crippen LogP contribution in [0.4, 0.5) is 5.82 Å². The van der Waals surface area contributed by atoms with Gasteiger partial charge in [-0.1, -0.05) is 42.5 Å². The fourth-order valence-electron chi connectivity index (χ4n) is 2.70. The molecule has 1 aromatic heterocycles. The Morgan fingerprint density at radius 3 is 2.45 bits per heavy atom. The van der Waals surface area contributed by atoms with Gasteiger partial charge in [-0.25, -0.2) is 9.97 Å². The van der Waals surface area contributed by atoms with Gasteiger partial charge in [0.25, 0.3) is 5.91 Å². The predicted molar refractivity (Wildman–Crippen MR) is 106 cm³/mol. The summed E-state index contributed by atoms with van der Waals surface area (Å²) in [5.74, 6) is -0.343. The van der Waals surface area contributed by atoms with E-state index in [1.54, 1.807) is 24.3 Å². The quantitative estimate of drug-likeness (QED) is 0.364. The molecule has 3 aromatic rings. The summed E-state index contributed by atoms with van der Waals surface area (Å²) >= 11 is 0. The summed E-state index contributed by atoms with van der Waals surface area (Å²) in [6.07, 6.45) is 1.17. The molecule has 2 aromatic carbocycles. The summed E-state index contributed by atoms with van der Waals surface area (Å²) in [7, 11) is -2.03. The highest BCUT2D eigenvalue weighted by Crippen LogP contribution is 2.25. The number of hydrogen-bond donors (Lipinski definition) is 5. The van der Waals surface area contributed by atoms with Crippen molar-refractivity contribution in [3.63, 3.8) is 0 Å². The number of nitrogens with zero attached hydrogens (tertiary/aromatic N) is 2. The lowest BCUT2D eigenvalue weighted by Gasteiger charge is -2.17. The molecule has 0 aliphatic heterocycles. The lowest BCUT2D eigenvalue weighted by Crippen LogP contribution is -2.30. The number of anilines is 1. The number of rotatable bonds is 7. The highest BCUT2D eigenvalue weighted by molar-refractivity contribution is 6.33. The Hall–Kier alpha value is -3.47. The molecule has 6 N–H and O–H groups in total. The van der Waals surface area contributed by atoms with Crippen LogP contribution in [0.1, 0.15) is 22.0 Å². The van der Waals surface area contributed by atoms with E-state index in [0.717, 1.165) is 5.56 Å². The SMILES string of the molecule is Nc1ncc(OB(O)O)nc1-c1ccc(C(=O)N[C@H](CO)c2ccccc2)cc1. The molecule has 3 rings (SSSR count). The fraction of sp³-hybridized carbons (Fsp3) is 0.105. The summed E-state index contributed by atoms with van der Waals surface area (Å²) < 4.78 is 4.69. The van der Waals surface area contributed by atoms with E-state index in [0.29, 0.717) is 11.1 Å². The molecule has 0 aliphatic carbocycles. The Bertz CT molecular complexity index is 970. The third-order valence-electron chi connectivity index (χ3n) is 4.12. The lowest BCUT2D eigenvalue weighted by molar-refractivity contribution is 0.0916. The Balaban J connectivity index is 1.77. The van der Waals surface area contributed by atoms with Gasteiger partial charge < -0.3 is 30.9 Å². The number of carbonyl (C=O) groups is 1. The normalized spacial score (nSPS) is 11.6. The molecular weight excluding hydrogens is 375 g/mol. The average molecular weight is 394 g/mol. The van der Waals surface area contributed by atoms with Gasteiger partial charge in [0.1, 0.15) is 11.5 Å². The average Bonchev–Trinajstić information content (AvgIpc) is 2.73. The van der Waals surface area contributed by atoms with Gasteiger partial charge in [0.15, 0.2) is 0 Å². The van der Waals surface area contributed by atoms with Gasteiger partial charge in [-0.15, -0.1) is 0 Å². The fourth-order valence-corrected chi connectivity index (χ4v) is 2.70. The first-order valence-electron chi connectivity index (χ1n) is 8.70. The van der Waals surface area contributed by atoms with Crippen LogP contribution in [0, 0.1) is 0 Å². The Labute approximate surface area is 167 Å². The monoisotopic (exact) mass is 394 g/mol. The second-order valence-corrected chi connectivity index (χ2v) is 6.08. The van der Waals surface area contributed by atoms with Crippen LogP contribution in [0.2, 0.25) is 0 Å². The molecule has 0 fully saturated rings. The Morgan fingerprint density at radius 2 is 1.83 bits per heavy atom. The van der Waals surface area contributed by atoms with Crippen molar-refractivity contribution >= 4 is 19.0 Å². The maximum absolute atomic E-state index is 12.5. The zero-order valence-corrected chi connectivity index (χ0v) is 15.3. The van der Waals surface area contributed by atoms with E-state index in [4.69, 9.17) is 15.8 Å². The molecule has 1 atom stereocenters. The molecule has 1 heterocycles. The number of hydrogen-bond acceptors (Lipinski definition) is 8. The van der Waals surface area contributed by atoms with E-state index in [-0.39, 0.29) is 29.9 Å². The minimum absolute atomic E-state index is 0.111. The zero-order valence-electron chi connectivity index (χ0n) is 15.3. The van der Waals surface area contributed by atoms with E-state index in [2.05, 4.69) is 19.9 Å². The maximum Gasteiger partial charge on any atom is 0.708 e. The first-order chi connectivity index (χ1) is 14.0. The van der Waals surface area contributed by atoms with Crippen molar-refractivity contribution in [2.45, 2.75) is 6.04 Å². The third kappa shape index (κ3) is 5.08. The third-order valence-corrected chi connectivity index (χ3v) is 4.12. The standard InChI is InChI=1S/C19H19BN4O5/c21-18-17(24-16(10-22-18)29-20(27)28)13-6-8-14(9-7-13)19(26)23-15(11-25)12-4-2-1-3-5-12/h1-10,15,25,27-28H,11H2,(H2,21,22)(H,23,26)/t15-/m1/s1. The Kier molecular flexibility index (Phi) is 6.40. The van der Waals surface area contributed by atoms with Crippen LogP contribution in [0.25, 0.3) is 11.3 Å². The smallest absolute Gasteiger partial charge is 0.496 e. The van der Waals surface area contributed by atoms with Gasteiger partial charge in [-0.05, 0) is 17.7 Å². The van der Waals surface area contributed by atoms with Gasteiger partial charge in [0.05, 0.1) is 18.8 Å². The minimum Gasteiger partial charge on any atom is -0.496 e. The van der Waals surface area contributed by atoms with Gasteiger partial charge in [-0.3, -0.25) is 4.79 Å². The molecular formula is C19H19BN4O5. The van der Waals surface area contributed by atoms with Crippen LogP contribution in [-0.4, -0.2) is 45.0 Å². The van der Waals surface area contributed by atoms with Crippen molar-refractivity contribution in [3.05, 3.63) is 71.9 Å². The Morgan fingerprint density at radius 1 is 1.14 bits per heavy atom. The number of nitrogens with one attached hydrogen (secondary N) is 1. The number of benzene rings is 2. The molecule has 0 bridgehead atoms. The highest BCUT2D eigenvalue weighted by Gasteiger charge is 2.17. The number of amides is 1. The maximum atomic E-state index is 12.5. The first kappa shape index (κ1) is 20.3. The van der Waals surface area contributed by atoms with Gasteiger partial charge in [0, 0.05) is 11.1 Å². The van der Waals surface area contributed by atoms with E-state index in [9.17, 15) is 9.90 Å². The summed E-state index contributed by atoms with van der Waals surface area (Å²) in [5.41, 5.74) is 7.85. The van der Waals surface area contributed by atoms with Gasteiger partial charge in [0.2, 0.25) is 5.88 Å². The van der Waals surface area contributed by atoms with Crippen LogP contribution in [0.3, 0.4) is 0 Å². The van der Waals surface area contributed by atoms with Crippen molar-refractivity contribution in [3.8, 4) is 17.1 Å². The molecule has 148 valence electrons. The molecule has 0 spiro atoms. The molecule has 0 aliphatic rings. The first-order valence-corrected chi connectivity index (χ1v) is 8.70. The van der Waals surface area contributed by atoms with Crippen molar-refractivity contribution in [1.82, 2.24) is 15.3 Å². The van der Waals surface area contributed by atoms with Gasteiger partial charge >= 0.3 is 7.32 Å². The molecule has 1 amide bonds. The number of aromatic nitrogens is 2. The van der Waals surface area contributed by atoms with Crippen molar-refractivity contribution < 1.29 is 24.6 Å². The molecule has 29 heavy (non-hydrogen) atoms. The van der Waals surface area contributed by atoms with E-state index >= 15 is 0 Å². The number of nitrogen functional groups attached to an aromatic ring is 1. The van der Waals surface area contributed by atoms with E-state index < -0.39 is 13.4 Å². The minimum atomic E-state index is -2.03. The molecule has 0 saturated heterocycles. The van der Waals surface area contributed by atoms with E-state index in [1.165, 1.54) is 6.20 Å². The van der Waals surface area contributed by atoms with Crippen LogP contribution in [-0.2, 0) is 0 Å². The molecule has 9 nitrogen and oxygen atoms in total. The highest BCUT2D eigenvalue weighted by atomic mass is 16.6. The summed E-state index contributed by atoms with van der Waals surface area (Å²) in [6.45, 7) is -0.233. The van der Waals surface area contributed by atoms with Crippen LogP contribution in [0.15, 0.2) is 60.8 Å². The lowest BCUT2D eigenvalue weighted by atomic mass is 10.1. The topological polar surface area (TPSA) is 151 Å². The van der Waals surface area contributed by atoms with Crippen molar-refractivity contribution in [2.24, 2.45) is 0 Å². The molecule has 0 radical (unpaired) electrons. The second-order valence-electron chi connectivity index (χ2n) is 6.08. The van der Waals surface area contributed by atoms with Gasteiger partial charge in [-0.2, -0.15) is 0 Å². The second kappa shape index (κ2) is 9.15. The zero-order chi connectivity index (χ0) is 20.8. The van der Waals surface area contributed by atoms with E-state index in [1.807, 2.05) is 30.3 Å². The number of aliphatic hydroxyl groups is 1. The van der Waals surface area contributed by atoms with Crippen LogP contribution < -0.4 is 15.7 Å². The van der Waals surface area contributed by atoms with Crippen molar-refractivity contribution in [2.75, 3.05) is 12.3 Å². The predicted octanol–water partition coefficient (Wildman–Crippen LogP) is 0.537. The molecule has 0 saturated carbocycles. The van der Waals surface area contributed by atoms with Crippen LogP contribution in [0.5, 0.6) is 5.88 Å². The summed E-state index contributed by atoms with van der Waals surface area (Å²) in [5, 5.41) is 30.1. The van der Waals surface area contributed by atoms with Crippen molar-refractivity contribution in [1.29, 1.82) is 0 Å². The number of aliphatic hydroxyl groups excluding tert-OH is 1. The molecule has 10 heteroatoms. The number of carbonyl (C=O) groups excluding carboxylic acids is 1. The summed E-state index contributed by atoms with van der Waals surface area (Å²) in [6, 6.07) is 15.1.